The van der Waals surface area contributed by atoms with E-state index < -0.39 is 21.8 Å². The number of carbonyl (C=O) groups excluding carboxylic acids is 2. The molecule has 1 aliphatic heterocycles. The van der Waals surface area contributed by atoms with Gasteiger partial charge in [-0.3, -0.25) is 14.6 Å². The number of nitrogens with one attached hydrogen (secondary N) is 2. The van der Waals surface area contributed by atoms with E-state index in [2.05, 4.69) is 15.6 Å². The molecule has 2 unspecified atom stereocenters. The number of carbonyl (C=O) groups is 2. The summed E-state index contributed by atoms with van der Waals surface area (Å²) in [5, 5.41) is 5.56. The zero-order chi connectivity index (χ0) is 19.4. The molecule has 0 saturated carbocycles. The maximum absolute atomic E-state index is 12.4. The highest BCUT2D eigenvalue weighted by molar-refractivity contribution is 7.91. The Morgan fingerprint density at radius 1 is 1.15 bits per heavy atom. The van der Waals surface area contributed by atoms with E-state index in [0.29, 0.717) is 6.42 Å². The van der Waals surface area contributed by atoms with Crippen molar-refractivity contribution in [3.63, 3.8) is 0 Å². The van der Waals surface area contributed by atoms with E-state index in [-0.39, 0.29) is 34.7 Å². The standard InChI is InChI=1S/C19H21N3O4S/c1-13(14-5-3-2-4-6-14)21-19(24)17-11-15(7-9-20-17)18(23)22-16-8-10-27(25,26)12-16/h2-7,9,11,13,16H,8,10,12H2,1H3,(H,21,24)(H,22,23). The van der Waals surface area contributed by atoms with Gasteiger partial charge in [0.2, 0.25) is 0 Å². The molecule has 2 heterocycles. The third-order valence-corrected chi connectivity index (χ3v) is 6.24. The molecule has 27 heavy (non-hydrogen) atoms. The normalized spacial score (nSPS) is 19.2. The zero-order valence-corrected chi connectivity index (χ0v) is 15.7. The molecule has 1 aromatic carbocycles. The minimum atomic E-state index is -3.08. The Labute approximate surface area is 158 Å². The fraction of sp³-hybridized carbons (Fsp3) is 0.316. The molecular weight excluding hydrogens is 366 g/mol. The number of aromatic nitrogens is 1. The molecule has 0 radical (unpaired) electrons. The van der Waals surface area contributed by atoms with Gasteiger partial charge in [0.15, 0.2) is 9.84 Å². The first-order valence-corrected chi connectivity index (χ1v) is 10.5. The van der Waals surface area contributed by atoms with Crippen LogP contribution in [0.15, 0.2) is 48.7 Å². The lowest BCUT2D eigenvalue weighted by atomic mass is 10.1. The van der Waals surface area contributed by atoms with E-state index in [4.69, 9.17) is 0 Å². The van der Waals surface area contributed by atoms with Gasteiger partial charge in [-0.25, -0.2) is 8.42 Å². The van der Waals surface area contributed by atoms with Gasteiger partial charge in [0.1, 0.15) is 5.69 Å². The fourth-order valence-electron chi connectivity index (χ4n) is 2.97. The van der Waals surface area contributed by atoms with E-state index in [1.54, 1.807) is 0 Å². The lowest BCUT2D eigenvalue weighted by molar-refractivity contribution is 0.0935. The molecule has 7 nitrogen and oxygen atoms in total. The first-order valence-electron chi connectivity index (χ1n) is 8.67. The highest BCUT2D eigenvalue weighted by Crippen LogP contribution is 2.14. The van der Waals surface area contributed by atoms with Crippen LogP contribution in [0.2, 0.25) is 0 Å². The van der Waals surface area contributed by atoms with E-state index in [9.17, 15) is 18.0 Å². The molecule has 1 aliphatic rings. The average molecular weight is 387 g/mol. The van der Waals surface area contributed by atoms with E-state index in [1.807, 2.05) is 37.3 Å². The van der Waals surface area contributed by atoms with Crippen LogP contribution in [0.1, 0.15) is 45.8 Å². The summed E-state index contributed by atoms with van der Waals surface area (Å²) in [7, 11) is -3.08. The summed E-state index contributed by atoms with van der Waals surface area (Å²) in [6, 6.07) is 11.8. The van der Waals surface area contributed by atoms with Crippen LogP contribution in [0, 0.1) is 0 Å². The van der Waals surface area contributed by atoms with Crippen molar-refractivity contribution in [2.24, 2.45) is 0 Å². The van der Waals surface area contributed by atoms with Gasteiger partial charge in [-0.1, -0.05) is 30.3 Å². The van der Waals surface area contributed by atoms with Crippen LogP contribution < -0.4 is 10.6 Å². The molecule has 8 heteroatoms. The predicted molar refractivity (Wildman–Crippen MR) is 101 cm³/mol. The molecule has 1 fully saturated rings. The third-order valence-electron chi connectivity index (χ3n) is 4.47. The highest BCUT2D eigenvalue weighted by atomic mass is 32.2. The summed E-state index contributed by atoms with van der Waals surface area (Å²) in [4.78, 5) is 28.8. The smallest absolute Gasteiger partial charge is 0.270 e. The average Bonchev–Trinajstić information content (AvgIpc) is 3.00. The molecule has 2 aromatic rings. The van der Waals surface area contributed by atoms with Gasteiger partial charge in [0.05, 0.1) is 17.5 Å². The largest absolute Gasteiger partial charge is 0.348 e. The highest BCUT2D eigenvalue weighted by Gasteiger charge is 2.29. The Kier molecular flexibility index (Phi) is 5.55. The minimum Gasteiger partial charge on any atom is -0.348 e. The number of benzene rings is 1. The molecule has 1 aromatic heterocycles. The van der Waals surface area contributed by atoms with Crippen molar-refractivity contribution in [1.29, 1.82) is 0 Å². The van der Waals surface area contributed by atoms with Crippen LogP contribution in [0.25, 0.3) is 0 Å². The Morgan fingerprint density at radius 3 is 2.56 bits per heavy atom. The molecule has 3 rings (SSSR count). The predicted octanol–water partition coefficient (Wildman–Crippen LogP) is 1.49. The lowest BCUT2D eigenvalue weighted by Gasteiger charge is -2.14. The number of nitrogens with zero attached hydrogens (tertiary/aromatic N) is 1. The van der Waals surface area contributed by atoms with Crippen molar-refractivity contribution in [3.05, 3.63) is 65.5 Å². The first kappa shape index (κ1) is 19.0. The van der Waals surface area contributed by atoms with Crippen LogP contribution in [-0.2, 0) is 9.84 Å². The number of pyridine rings is 1. The van der Waals surface area contributed by atoms with Crippen LogP contribution in [0.4, 0.5) is 0 Å². The van der Waals surface area contributed by atoms with Crippen LogP contribution >= 0.6 is 0 Å². The maximum atomic E-state index is 12.4. The number of rotatable bonds is 5. The third kappa shape index (κ3) is 4.91. The van der Waals surface area contributed by atoms with Gasteiger partial charge < -0.3 is 10.6 Å². The summed E-state index contributed by atoms with van der Waals surface area (Å²) in [5.74, 6) is -0.764. The minimum absolute atomic E-state index is 0.0498. The van der Waals surface area contributed by atoms with Gasteiger partial charge in [-0.2, -0.15) is 0 Å². The van der Waals surface area contributed by atoms with Gasteiger partial charge in [0.25, 0.3) is 11.8 Å². The fourth-order valence-corrected chi connectivity index (χ4v) is 4.64. The Hall–Kier alpha value is -2.74. The summed E-state index contributed by atoms with van der Waals surface area (Å²) < 4.78 is 23.0. The Bertz CT molecular complexity index is 944. The molecule has 0 aliphatic carbocycles. The second-order valence-electron chi connectivity index (χ2n) is 6.61. The van der Waals surface area contributed by atoms with Crippen molar-refractivity contribution >= 4 is 21.7 Å². The summed E-state index contributed by atoms with van der Waals surface area (Å²) in [6.07, 6.45) is 1.80. The van der Waals surface area contributed by atoms with Crippen molar-refractivity contribution in [1.82, 2.24) is 15.6 Å². The van der Waals surface area contributed by atoms with Gasteiger partial charge in [-0.15, -0.1) is 0 Å². The molecule has 0 bridgehead atoms. The maximum Gasteiger partial charge on any atom is 0.270 e. The lowest BCUT2D eigenvalue weighted by Crippen LogP contribution is -2.36. The van der Waals surface area contributed by atoms with Crippen molar-refractivity contribution < 1.29 is 18.0 Å². The quantitative estimate of drug-likeness (QED) is 0.809. The molecule has 142 valence electrons. The molecule has 2 amide bonds. The Morgan fingerprint density at radius 2 is 1.89 bits per heavy atom. The first-order chi connectivity index (χ1) is 12.8. The number of hydrogen-bond acceptors (Lipinski definition) is 5. The van der Waals surface area contributed by atoms with E-state index in [0.717, 1.165) is 5.56 Å². The van der Waals surface area contributed by atoms with Crippen LogP contribution in [-0.4, -0.2) is 42.8 Å². The number of sulfone groups is 1. The van der Waals surface area contributed by atoms with Gasteiger partial charge in [0, 0.05) is 17.8 Å². The van der Waals surface area contributed by atoms with Crippen LogP contribution in [0.5, 0.6) is 0 Å². The summed E-state index contributed by atoms with van der Waals surface area (Å²) >= 11 is 0. The van der Waals surface area contributed by atoms with Crippen molar-refractivity contribution in [2.45, 2.75) is 25.4 Å². The van der Waals surface area contributed by atoms with Gasteiger partial charge >= 0.3 is 0 Å². The topological polar surface area (TPSA) is 105 Å². The summed E-state index contributed by atoms with van der Waals surface area (Å²) in [5.41, 5.74) is 1.36. The van der Waals surface area contributed by atoms with E-state index in [1.165, 1.54) is 18.3 Å². The van der Waals surface area contributed by atoms with Crippen molar-refractivity contribution in [3.8, 4) is 0 Å². The Balaban J connectivity index is 1.66. The molecular formula is C19H21N3O4S. The molecule has 2 N–H and O–H groups in total. The van der Waals surface area contributed by atoms with E-state index >= 15 is 0 Å². The van der Waals surface area contributed by atoms with Gasteiger partial charge in [-0.05, 0) is 31.0 Å². The SMILES string of the molecule is CC(NC(=O)c1cc(C(=O)NC2CCS(=O)(=O)C2)ccn1)c1ccccc1. The molecule has 2 atom stereocenters. The zero-order valence-electron chi connectivity index (χ0n) is 14.9. The van der Waals surface area contributed by atoms with Crippen molar-refractivity contribution in [2.75, 3.05) is 11.5 Å². The number of hydrogen-bond donors (Lipinski definition) is 2. The summed E-state index contributed by atoms with van der Waals surface area (Å²) in [6.45, 7) is 1.87. The second kappa shape index (κ2) is 7.87. The second-order valence-corrected chi connectivity index (χ2v) is 8.84. The van der Waals surface area contributed by atoms with Crippen LogP contribution in [0.3, 0.4) is 0 Å². The molecule has 0 spiro atoms. The number of amides is 2. The molecule has 1 saturated heterocycles. The monoisotopic (exact) mass is 387 g/mol.